The fourth-order valence-electron chi connectivity index (χ4n) is 2.03. The lowest BCUT2D eigenvalue weighted by atomic mass is 9.86. The minimum absolute atomic E-state index is 0.0145. The maximum atomic E-state index is 12.9. The number of halogens is 3. The van der Waals surface area contributed by atoms with E-state index >= 15 is 0 Å². The Morgan fingerprint density at radius 3 is 2.38 bits per heavy atom. The summed E-state index contributed by atoms with van der Waals surface area (Å²) in [5.74, 6) is -2.32. The number of nitrogens with zero attached hydrogens (tertiary/aromatic N) is 1. The quantitative estimate of drug-likeness (QED) is 0.689. The maximum Gasteiger partial charge on any atom is 0.406 e. The molecule has 7 nitrogen and oxygen atoms in total. The molecule has 3 amide bonds. The lowest BCUT2D eigenvalue weighted by Gasteiger charge is -2.27. The van der Waals surface area contributed by atoms with Crippen molar-refractivity contribution in [2.24, 2.45) is 5.41 Å². The number of carboxylic acids is 1. The fourth-order valence-corrected chi connectivity index (χ4v) is 2.03. The van der Waals surface area contributed by atoms with E-state index in [0.717, 1.165) is 4.90 Å². The Hall–Kier alpha value is -2.00. The maximum absolute atomic E-state index is 12.9. The molecule has 0 radical (unpaired) electrons. The standard InChI is InChI=1S/C11H16F3N3O4/c1-15-7(18)2-4-16-9(21)17-5-3-10(6-17,8(19)20)11(12,13)14/h2-6H2,1H3,(H,15,18)(H,16,21)(H,19,20). The molecular formula is C11H16F3N3O4. The summed E-state index contributed by atoms with van der Waals surface area (Å²) >= 11 is 0. The van der Waals surface area contributed by atoms with Crippen molar-refractivity contribution in [3.05, 3.63) is 0 Å². The van der Waals surface area contributed by atoms with Crippen LogP contribution >= 0.6 is 0 Å². The van der Waals surface area contributed by atoms with Crippen molar-refractivity contribution in [1.82, 2.24) is 15.5 Å². The van der Waals surface area contributed by atoms with Crippen LogP contribution in [0.5, 0.6) is 0 Å². The van der Waals surface area contributed by atoms with E-state index in [9.17, 15) is 27.6 Å². The van der Waals surface area contributed by atoms with E-state index in [1.54, 1.807) is 0 Å². The minimum Gasteiger partial charge on any atom is -0.481 e. The molecule has 0 spiro atoms. The number of alkyl halides is 3. The first-order valence-electron chi connectivity index (χ1n) is 6.17. The summed E-state index contributed by atoms with van der Waals surface area (Å²) < 4.78 is 38.7. The molecule has 0 bridgehead atoms. The molecule has 1 rings (SSSR count). The summed E-state index contributed by atoms with van der Waals surface area (Å²) in [6.07, 6.45) is -5.63. The summed E-state index contributed by atoms with van der Waals surface area (Å²) in [5, 5.41) is 13.5. The predicted molar refractivity (Wildman–Crippen MR) is 64.4 cm³/mol. The van der Waals surface area contributed by atoms with Gasteiger partial charge in [-0.2, -0.15) is 13.2 Å². The lowest BCUT2D eigenvalue weighted by Crippen LogP contribution is -2.49. The highest BCUT2D eigenvalue weighted by Gasteiger charge is 2.64. The van der Waals surface area contributed by atoms with Gasteiger partial charge in [-0.1, -0.05) is 0 Å². The van der Waals surface area contributed by atoms with Gasteiger partial charge in [-0.15, -0.1) is 0 Å². The van der Waals surface area contributed by atoms with Crippen LogP contribution in [0.1, 0.15) is 12.8 Å². The molecule has 10 heteroatoms. The fraction of sp³-hybridized carbons (Fsp3) is 0.727. The van der Waals surface area contributed by atoms with Crippen molar-refractivity contribution >= 4 is 17.9 Å². The average Bonchev–Trinajstić information content (AvgIpc) is 2.84. The highest BCUT2D eigenvalue weighted by atomic mass is 19.4. The zero-order valence-electron chi connectivity index (χ0n) is 11.3. The molecular weight excluding hydrogens is 295 g/mol. The largest absolute Gasteiger partial charge is 0.481 e. The summed E-state index contributed by atoms with van der Waals surface area (Å²) in [4.78, 5) is 34.4. The van der Waals surface area contributed by atoms with Crippen LogP contribution in [0.2, 0.25) is 0 Å². The number of aliphatic carboxylic acids is 1. The second-order valence-corrected chi connectivity index (χ2v) is 4.71. The van der Waals surface area contributed by atoms with Gasteiger partial charge >= 0.3 is 18.2 Å². The molecule has 0 saturated carbocycles. The van der Waals surface area contributed by atoms with Gasteiger partial charge in [0, 0.05) is 33.1 Å². The van der Waals surface area contributed by atoms with Crippen molar-refractivity contribution in [3.8, 4) is 0 Å². The number of hydrogen-bond acceptors (Lipinski definition) is 3. The smallest absolute Gasteiger partial charge is 0.406 e. The molecule has 1 fully saturated rings. The Balaban J connectivity index is 2.62. The average molecular weight is 311 g/mol. The van der Waals surface area contributed by atoms with Crippen LogP contribution in [-0.4, -0.2) is 60.8 Å². The van der Waals surface area contributed by atoms with E-state index in [1.165, 1.54) is 7.05 Å². The Kier molecular flexibility index (Phi) is 5.02. The van der Waals surface area contributed by atoms with E-state index in [0.29, 0.717) is 0 Å². The number of carbonyl (C=O) groups excluding carboxylic acids is 2. The van der Waals surface area contributed by atoms with Crippen LogP contribution in [0.3, 0.4) is 0 Å². The molecule has 0 aromatic heterocycles. The number of hydrogen-bond donors (Lipinski definition) is 3. The van der Waals surface area contributed by atoms with Gasteiger partial charge in [-0.25, -0.2) is 4.79 Å². The van der Waals surface area contributed by atoms with Crippen LogP contribution in [0.15, 0.2) is 0 Å². The van der Waals surface area contributed by atoms with Crippen LogP contribution in [0.25, 0.3) is 0 Å². The molecule has 120 valence electrons. The van der Waals surface area contributed by atoms with Gasteiger partial charge in [0.15, 0.2) is 5.41 Å². The number of likely N-dealkylation sites (tertiary alicyclic amines) is 1. The first-order valence-corrected chi connectivity index (χ1v) is 6.17. The normalized spacial score (nSPS) is 22.0. The van der Waals surface area contributed by atoms with E-state index in [1.807, 2.05) is 0 Å². The first-order chi connectivity index (χ1) is 9.64. The number of carbonyl (C=O) groups is 3. The van der Waals surface area contributed by atoms with Crippen molar-refractivity contribution in [2.45, 2.75) is 19.0 Å². The van der Waals surface area contributed by atoms with E-state index in [-0.39, 0.29) is 25.4 Å². The van der Waals surface area contributed by atoms with Gasteiger partial charge in [0.05, 0.1) is 0 Å². The molecule has 0 aliphatic carbocycles. The van der Waals surface area contributed by atoms with Crippen LogP contribution < -0.4 is 10.6 Å². The summed E-state index contributed by atoms with van der Waals surface area (Å²) in [6, 6.07) is -0.814. The van der Waals surface area contributed by atoms with E-state index < -0.39 is 36.6 Å². The molecule has 1 aliphatic rings. The summed E-state index contributed by atoms with van der Waals surface area (Å²) in [5.41, 5.74) is -2.93. The van der Waals surface area contributed by atoms with Crippen molar-refractivity contribution in [3.63, 3.8) is 0 Å². The highest BCUT2D eigenvalue weighted by molar-refractivity contribution is 5.81. The van der Waals surface area contributed by atoms with Gasteiger partial charge in [-0.05, 0) is 6.42 Å². The van der Waals surface area contributed by atoms with E-state index in [2.05, 4.69) is 10.6 Å². The van der Waals surface area contributed by atoms with Crippen LogP contribution in [0, 0.1) is 5.41 Å². The Morgan fingerprint density at radius 2 is 1.95 bits per heavy atom. The second kappa shape index (κ2) is 6.19. The number of nitrogens with one attached hydrogen (secondary N) is 2. The van der Waals surface area contributed by atoms with E-state index in [4.69, 9.17) is 5.11 Å². The molecule has 1 heterocycles. The van der Waals surface area contributed by atoms with Gasteiger partial charge in [0.1, 0.15) is 0 Å². The van der Waals surface area contributed by atoms with Crippen molar-refractivity contribution in [1.29, 1.82) is 0 Å². The SMILES string of the molecule is CNC(=O)CCNC(=O)N1CCC(C(=O)O)(C(F)(F)F)C1. The lowest BCUT2D eigenvalue weighted by molar-refractivity contribution is -0.227. The van der Waals surface area contributed by atoms with Gasteiger partial charge in [0.25, 0.3) is 0 Å². The third-order valence-electron chi connectivity index (χ3n) is 3.42. The Labute approximate surface area is 118 Å². The monoisotopic (exact) mass is 311 g/mol. The molecule has 1 atom stereocenters. The first kappa shape index (κ1) is 17.1. The van der Waals surface area contributed by atoms with Gasteiger partial charge in [0.2, 0.25) is 5.91 Å². The second-order valence-electron chi connectivity index (χ2n) is 4.71. The molecule has 21 heavy (non-hydrogen) atoms. The zero-order chi connectivity index (χ0) is 16.3. The molecule has 1 aliphatic heterocycles. The van der Waals surface area contributed by atoms with Gasteiger partial charge < -0.3 is 20.6 Å². The Morgan fingerprint density at radius 1 is 1.33 bits per heavy atom. The van der Waals surface area contributed by atoms with Crippen molar-refractivity contribution < 1.29 is 32.7 Å². The number of urea groups is 1. The highest BCUT2D eigenvalue weighted by Crippen LogP contribution is 2.45. The molecule has 0 aromatic rings. The van der Waals surface area contributed by atoms with Crippen LogP contribution in [-0.2, 0) is 9.59 Å². The summed E-state index contributed by atoms with van der Waals surface area (Å²) in [6.45, 7) is -1.28. The summed E-state index contributed by atoms with van der Waals surface area (Å²) in [7, 11) is 1.41. The topological polar surface area (TPSA) is 98.7 Å². The number of amides is 3. The third-order valence-corrected chi connectivity index (χ3v) is 3.42. The number of carboxylic acid groups (broad SMARTS) is 1. The zero-order valence-corrected chi connectivity index (χ0v) is 11.3. The molecule has 1 saturated heterocycles. The van der Waals surface area contributed by atoms with Gasteiger partial charge in [-0.3, -0.25) is 9.59 Å². The van der Waals surface area contributed by atoms with Crippen LogP contribution in [0.4, 0.5) is 18.0 Å². The molecule has 1 unspecified atom stereocenters. The molecule has 3 N–H and O–H groups in total. The predicted octanol–water partition coefficient (Wildman–Crippen LogP) is 0.171. The molecule has 0 aromatic carbocycles. The minimum atomic E-state index is -4.93. The Bertz CT molecular complexity index is 441. The third kappa shape index (κ3) is 3.56. The van der Waals surface area contributed by atoms with Crippen molar-refractivity contribution in [2.75, 3.05) is 26.7 Å². The number of rotatable bonds is 4.